The molecule has 0 amide bonds. The summed E-state index contributed by atoms with van der Waals surface area (Å²) in [4.78, 5) is 0. The van der Waals surface area contributed by atoms with Gasteiger partial charge in [0.2, 0.25) is 0 Å². The highest BCUT2D eigenvalue weighted by Gasteiger charge is 2.12. The van der Waals surface area contributed by atoms with E-state index in [1.165, 1.54) is 0 Å². The molecule has 1 aromatic rings. The molecule has 136 valence electrons. The van der Waals surface area contributed by atoms with E-state index in [0.717, 1.165) is 0 Å². The molecule has 0 fully saturated rings. The van der Waals surface area contributed by atoms with Crippen LogP contribution in [0.4, 0.5) is 0 Å². The van der Waals surface area contributed by atoms with Crippen molar-refractivity contribution in [3.8, 4) is 17.2 Å². The summed E-state index contributed by atoms with van der Waals surface area (Å²) in [6.45, 7) is 5.55. The largest absolute Gasteiger partial charge is 0.504 e. The Kier molecular flexibility index (Phi) is 10.6. The van der Waals surface area contributed by atoms with E-state index in [0.29, 0.717) is 44.2 Å². The number of rotatable bonds is 14. The number of hydrogen-bond donors (Lipinski definition) is 1. The Morgan fingerprint density at radius 2 is 1.58 bits per heavy atom. The maximum atomic E-state index is 10.2. The predicted molar refractivity (Wildman–Crippen MR) is 88.7 cm³/mol. The van der Waals surface area contributed by atoms with Crippen LogP contribution in [0, 0.1) is 0 Å². The van der Waals surface area contributed by atoms with Crippen LogP contribution < -0.4 is 9.47 Å². The van der Waals surface area contributed by atoms with Crippen LogP contribution in [0.5, 0.6) is 17.2 Å². The van der Waals surface area contributed by atoms with Crippen molar-refractivity contribution >= 4 is 0 Å². The number of hydrogen-bond acceptors (Lipinski definition) is 7. The van der Waals surface area contributed by atoms with E-state index in [2.05, 4.69) is 6.58 Å². The lowest BCUT2D eigenvalue weighted by Gasteiger charge is -2.14. The molecule has 0 saturated carbocycles. The van der Waals surface area contributed by atoms with Gasteiger partial charge in [0.25, 0.3) is 0 Å². The standard InChI is InChI=1S/C17H26O7/c1-4-5-14-10-15(23-12-21-8-6-19-2)11-16(17(14)18)24-13-22-9-7-20-3/h4,10-11,18H,1,5-9,12-13H2,2-3H3. The van der Waals surface area contributed by atoms with Gasteiger partial charge in [-0.1, -0.05) is 6.08 Å². The highest BCUT2D eigenvalue weighted by atomic mass is 16.7. The molecular weight excluding hydrogens is 316 g/mol. The Labute approximate surface area is 142 Å². The van der Waals surface area contributed by atoms with Crippen molar-refractivity contribution < 1.29 is 33.5 Å². The van der Waals surface area contributed by atoms with Crippen molar-refractivity contribution in [3.63, 3.8) is 0 Å². The third-order valence-electron chi connectivity index (χ3n) is 2.96. The van der Waals surface area contributed by atoms with Crippen molar-refractivity contribution in [1.82, 2.24) is 0 Å². The zero-order valence-corrected chi connectivity index (χ0v) is 14.3. The van der Waals surface area contributed by atoms with Crippen molar-refractivity contribution in [1.29, 1.82) is 0 Å². The van der Waals surface area contributed by atoms with Crippen molar-refractivity contribution in [3.05, 3.63) is 30.4 Å². The number of benzene rings is 1. The topological polar surface area (TPSA) is 75.6 Å². The Morgan fingerprint density at radius 1 is 0.958 bits per heavy atom. The minimum absolute atomic E-state index is 0.00174. The second-order valence-corrected chi connectivity index (χ2v) is 4.75. The van der Waals surface area contributed by atoms with Crippen LogP contribution in [0.3, 0.4) is 0 Å². The zero-order valence-electron chi connectivity index (χ0n) is 14.3. The fourth-order valence-electron chi connectivity index (χ4n) is 1.76. The van der Waals surface area contributed by atoms with Crippen molar-refractivity contribution in [2.75, 3.05) is 54.2 Å². The summed E-state index contributed by atoms with van der Waals surface area (Å²) in [6, 6.07) is 3.30. The molecule has 0 unspecified atom stereocenters. The maximum Gasteiger partial charge on any atom is 0.189 e. The summed E-state index contributed by atoms with van der Waals surface area (Å²) in [6.07, 6.45) is 2.17. The molecule has 0 saturated heterocycles. The number of aromatic hydroxyl groups is 1. The average Bonchev–Trinajstić information content (AvgIpc) is 2.58. The van der Waals surface area contributed by atoms with Crippen molar-refractivity contribution in [2.24, 2.45) is 0 Å². The summed E-state index contributed by atoms with van der Waals surface area (Å²) >= 11 is 0. The molecule has 0 bridgehead atoms. The normalized spacial score (nSPS) is 10.6. The quantitative estimate of drug-likeness (QED) is 0.315. The Balaban J connectivity index is 2.64. The van der Waals surface area contributed by atoms with Gasteiger partial charge in [-0.05, 0) is 12.5 Å². The highest BCUT2D eigenvalue weighted by molar-refractivity contribution is 5.51. The van der Waals surface area contributed by atoms with E-state index in [9.17, 15) is 5.11 Å². The summed E-state index contributed by atoms with van der Waals surface area (Å²) in [7, 11) is 3.19. The second kappa shape index (κ2) is 12.6. The Morgan fingerprint density at radius 3 is 2.17 bits per heavy atom. The van der Waals surface area contributed by atoms with Crippen LogP contribution in [0.1, 0.15) is 5.56 Å². The molecule has 0 aliphatic heterocycles. The van der Waals surface area contributed by atoms with Crippen LogP contribution in [-0.2, 0) is 25.4 Å². The van der Waals surface area contributed by atoms with Gasteiger partial charge in [-0.15, -0.1) is 6.58 Å². The molecule has 0 atom stereocenters. The average molecular weight is 342 g/mol. The summed E-state index contributed by atoms with van der Waals surface area (Å²) < 4.78 is 31.2. The minimum Gasteiger partial charge on any atom is -0.504 e. The summed E-state index contributed by atoms with van der Waals surface area (Å²) in [5.41, 5.74) is 0.645. The summed E-state index contributed by atoms with van der Waals surface area (Å²) in [5, 5.41) is 10.2. The van der Waals surface area contributed by atoms with Gasteiger partial charge in [0, 0.05) is 25.8 Å². The first-order valence-corrected chi connectivity index (χ1v) is 7.58. The van der Waals surface area contributed by atoms with E-state index in [1.807, 2.05) is 0 Å². The molecule has 0 aliphatic carbocycles. The maximum absolute atomic E-state index is 10.2. The summed E-state index contributed by atoms with van der Waals surface area (Å²) in [5.74, 6) is 0.838. The van der Waals surface area contributed by atoms with E-state index in [4.69, 9.17) is 28.4 Å². The van der Waals surface area contributed by atoms with E-state index < -0.39 is 0 Å². The SMILES string of the molecule is C=CCc1cc(OCOCCOC)cc(OCOCCOC)c1O. The number of phenolic OH excluding ortho intramolecular Hbond substituents is 1. The lowest BCUT2D eigenvalue weighted by Crippen LogP contribution is -2.09. The lowest BCUT2D eigenvalue weighted by atomic mass is 10.1. The first-order chi connectivity index (χ1) is 11.7. The van der Waals surface area contributed by atoms with Gasteiger partial charge < -0.3 is 33.5 Å². The van der Waals surface area contributed by atoms with Gasteiger partial charge in [0.15, 0.2) is 25.1 Å². The lowest BCUT2D eigenvalue weighted by molar-refractivity contribution is -0.0124. The smallest absolute Gasteiger partial charge is 0.189 e. The third kappa shape index (κ3) is 7.65. The molecule has 0 aliphatic rings. The van der Waals surface area contributed by atoms with Gasteiger partial charge in [0.05, 0.1) is 26.4 Å². The van der Waals surface area contributed by atoms with Crippen LogP contribution in [0.2, 0.25) is 0 Å². The number of allylic oxidation sites excluding steroid dienone is 1. The van der Waals surface area contributed by atoms with Crippen LogP contribution in [0.25, 0.3) is 0 Å². The molecule has 0 spiro atoms. The Hall–Kier alpha value is -1.80. The predicted octanol–water partition coefficient (Wildman–Crippen LogP) is 2.12. The number of methoxy groups -OCH3 is 2. The molecule has 1 aromatic carbocycles. The first kappa shape index (κ1) is 20.2. The molecule has 1 rings (SSSR count). The van der Waals surface area contributed by atoms with Crippen molar-refractivity contribution in [2.45, 2.75) is 6.42 Å². The van der Waals surface area contributed by atoms with Gasteiger partial charge >= 0.3 is 0 Å². The van der Waals surface area contributed by atoms with E-state index in [-0.39, 0.29) is 25.1 Å². The number of ether oxygens (including phenoxy) is 6. The van der Waals surface area contributed by atoms with Crippen LogP contribution in [0.15, 0.2) is 24.8 Å². The Bertz CT molecular complexity index is 476. The minimum atomic E-state index is -0.00174. The molecule has 7 heteroatoms. The zero-order chi connectivity index (χ0) is 17.6. The fourth-order valence-corrected chi connectivity index (χ4v) is 1.76. The van der Waals surface area contributed by atoms with Gasteiger partial charge in [-0.25, -0.2) is 0 Å². The molecule has 0 heterocycles. The molecular formula is C17H26O7. The molecule has 24 heavy (non-hydrogen) atoms. The van der Waals surface area contributed by atoms with Gasteiger partial charge in [-0.2, -0.15) is 0 Å². The molecule has 0 radical (unpaired) electrons. The monoisotopic (exact) mass is 342 g/mol. The molecule has 0 aromatic heterocycles. The highest BCUT2D eigenvalue weighted by Crippen LogP contribution is 2.35. The molecule has 1 N–H and O–H groups in total. The van der Waals surface area contributed by atoms with E-state index >= 15 is 0 Å². The second-order valence-electron chi connectivity index (χ2n) is 4.75. The number of phenols is 1. The van der Waals surface area contributed by atoms with E-state index in [1.54, 1.807) is 32.4 Å². The van der Waals surface area contributed by atoms with Crippen LogP contribution in [-0.4, -0.2) is 59.3 Å². The first-order valence-electron chi connectivity index (χ1n) is 7.58. The van der Waals surface area contributed by atoms with Gasteiger partial charge in [-0.3, -0.25) is 0 Å². The third-order valence-corrected chi connectivity index (χ3v) is 2.96. The molecule has 7 nitrogen and oxygen atoms in total. The fraction of sp³-hybridized carbons (Fsp3) is 0.529. The van der Waals surface area contributed by atoms with Gasteiger partial charge in [0.1, 0.15) is 5.75 Å². The van der Waals surface area contributed by atoms with Crippen LogP contribution >= 0.6 is 0 Å².